The minimum atomic E-state index is -0.968. The molecule has 3 rings (SSSR count). The monoisotopic (exact) mass is 382 g/mol. The molecule has 0 amide bonds. The molecule has 2 aromatic carbocycles. The second-order valence-corrected chi connectivity index (χ2v) is 6.25. The van der Waals surface area contributed by atoms with Gasteiger partial charge in [-0.05, 0) is 30.3 Å². The van der Waals surface area contributed by atoms with Gasteiger partial charge in [-0.15, -0.1) is 0 Å². The minimum Gasteiger partial charge on any atom is -0.489 e. The fraction of sp³-hybridized carbons (Fsp3) is 0.176. The lowest BCUT2D eigenvalue weighted by Crippen LogP contribution is -2.30. The summed E-state index contributed by atoms with van der Waals surface area (Å²) in [5, 5.41) is 11.2. The summed E-state index contributed by atoms with van der Waals surface area (Å²) in [5.74, 6) is -0.0880. The van der Waals surface area contributed by atoms with Crippen LogP contribution in [-0.4, -0.2) is 27.4 Å². The van der Waals surface area contributed by atoms with Crippen molar-refractivity contribution in [2.24, 2.45) is 0 Å². The summed E-state index contributed by atoms with van der Waals surface area (Å²) >= 11 is 11.8. The summed E-state index contributed by atoms with van der Waals surface area (Å²) in [6.45, 7) is -0.0976. The summed E-state index contributed by atoms with van der Waals surface area (Å²) in [7, 11) is 0. The van der Waals surface area contributed by atoms with Gasteiger partial charge in [0.1, 0.15) is 24.3 Å². The molecule has 0 aliphatic heterocycles. The van der Waals surface area contributed by atoms with Crippen LogP contribution in [0, 0.1) is 5.82 Å². The Balaban J connectivity index is 1.71. The molecule has 1 atom stereocenters. The first kappa shape index (κ1) is 17.7. The molecule has 130 valence electrons. The Labute approximate surface area is 152 Å². The van der Waals surface area contributed by atoms with Gasteiger partial charge in [0.15, 0.2) is 0 Å². The third-order valence-corrected chi connectivity index (χ3v) is 4.05. The van der Waals surface area contributed by atoms with E-state index in [0.29, 0.717) is 15.8 Å². The summed E-state index contributed by atoms with van der Waals surface area (Å²) < 4.78 is 19.9. The molecule has 0 aliphatic rings. The maximum absolute atomic E-state index is 13.2. The molecule has 1 aromatic heterocycles. The number of halogens is 3. The Morgan fingerprint density at radius 1 is 1.24 bits per heavy atom. The average molecular weight is 383 g/mol. The molecule has 0 unspecified atom stereocenters. The highest BCUT2D eigenvalue weighted by atomic mass is 35.5. The van der Waals surface area contributed by atoms with Crippen molar-refractivity contribution in [3.8, 4) is 5.75 Å². The number of aliphatic hydroxyl groups is 1. The van der Waals surface area contributed by atoms with Gasteiger partial charge in [0.05, 0.1) is 28.8 Å². The first-order valence-electron chi connectivity index (χ1n) is 7.34. The van der Waals surface area contributed by atoms with Crippen molar-refractivity contribution in [3.05, 3.63) is 68.9 Å². The number of aliphatic hydroxyl groups excluding tert-OH is 1. The number of benzene rings is 2. The average Bonchev–Trinajstić information content (AvgIpc) is 2.56. The van der Waals surface area contributed by atoms with Gasteiger partial charge < -0.3 is 9.84 Å². The van der Waals surface area contributed by atoms with Gasteiger partial charge in [-0.2, -0.15) is 0 Å². The normalized spacial score (nSPS) is 12.3. The second-order valence-electron chi connectivity index (χ2n) is 5.40. The SMILES string of the molecule is O=c1c2ccc(F)cc2ncn1C[C@H](O)COc1ccc(Cl)cc1Cl. The molecule has 0 aliphatic carbocycles. The Kier molecular flexibility index (Phi) is 5.22. The van der Waals surface area contributed by atoms with E-state index in [1.54, 1.807) is 12.1 Å². The Morgan fingerprint density at radius 3 is 2.80 bits per heavy atom. The molecule has 0 radical (unpaired) electrons. The quantitative estimate of drug-likeness (QED) is 0.735. The number of hydrogen-bond acceptors (Lipinski definition) is 4. The molecule has 0 saturated carbocycles. The zero-order valence-corrected chi connectivity index (χ0v) is 14.3. The fourth-order valence-electron chi connectivity index (χ4n) is 2.32. The number of ether oxygens (including phenoxy) is 1. The van der Waals surface area contributed by atoms with Crippen molar-refractivity contribution < 1.29 is 14.2 Å². The molecule has 0 spiro atoms. The van der Waals surface area contributed by atoms with Gasteiger partial charge in [0, 0.05) is 11.1 Å². The zero-order chi connectivity index (χ0) is 18.0. The summed E-state index contributed by atoms with van der Waals surface area (Å²) in [6, 6.07) is 8.48. The van der Waals surface area contributed by atoms with Crippen LogP contribution in [0.1, 0.15) is 0 Å². The highest BCUT2D eigenvalue weighted by molar-refractivity contribution is 6.35. The molecule has 3 aromatic rings. The van der Waals surface area contributed by atoms with Crippen molar-refractivity contribution in [1.82, 2.24) is 9.55 Å². The lowest BCUT2D eigenvalue weighted by molar-refractivity contribution is 0.0915. The second kappa shape index (κ2) is 7.39. The van der Waals surface area contributed by atoms with Crippen molar-refractivity contribution >= 4 is 34.1 Å². The van der Waals surface area contributed by atoms with E-state index in [1.165, 1.54) is 35.2 Å². The largest absolute Gasteiger partial charge is 0.489 e. The zero-order valence-electron chi connectivity index (χ0n) is 12.8. The predicted octanol–water partition coefficient (Wildman–Crippen LogP) is 3.28. The van der Waals surface area contributed by atoms with Crippen molar-refractivity contribution in [2.75, 3.05) is 6.61 Å². The molecule has 0 bridgehead atoms. The number of aromatic nitrogens is 2. The van der Waals surface area contributed by atoms with Gasteiger partial charge >= 0.3 is 0 Å². The van der Waals surface area contributed by atoms with E-state index in [2.05, 4.69) is 4.98 Å². The summed E-state index contributed by atoms with van der Waals surface area (Å²) in [6.07, 6.45) is 0.298. The van der Waals surface area contributed by atoms with Crippen LogP contribution < -0.4 is 10.3 Å². The van der Waals surface area contributed by atoms with E-state index in [4.69, 9.17) is 27.9 Å². The standard InChI is InChI=1S/C17H13Cl2FN2O3/c18-10-1-4-16(14(19)5-10)25-8-12(23)7-22-9-21-15-6-11(20)2-3-13(15)17(22)24/h1-6,9,12,23H,7-8H2/t12-/m0/s1. The molecule has 0 saturated heterocycles. The Bertz CT molecular complexity index is 978. The molecule has 1 heterocycles. The number of rotatable bonds is 5. The van der Waals surface area contributed by atoms with E-state index in [1.807, 2.05) is 0 Å². The van der Waals surface area contributed by atoms with Gasteiger partial charge in [0.2, 0.25) is 0 Å². The van der Waals surface area contributed by atoms with Crippen LogP contribution in [0.15, 0.2) is 47.5 Å². The van der Waals surface area contributed by atoms with Gasteiger partial charge in [-0.3, -0.25) is 9.36 Å². The van der Waals surface area contributed by atoms with Crippen LogP contribution >= 0.6 is 23.2 Å². The van der Waals surface area contributed by atoms with Crippen molar-refractivity contribution in [2.45, 2.75) is 12.6 Å². The first-order chi connectivity index (χ1) is 11.9. The highest BCUT2D eigenvalue weighted by Crippen LogP contribution is 2.27. The Hall–Kier alpha value is -2.15. The van der Waals surface area contributed by atoms with Crippen molar-refractivity contribution in [1.29, 1.82) is 0 Å². The van der Waals surface area contributed by atoms with E-state index in [-0.39, 0.29) is 29.6 Å². The number of fused-ring (bicyclic) bond motifs is 1. The van der Waals surface area contributed by atoms with E-state index in [0.717, 1.165) is 0 Å². The smallest absolute Gasteiger partial charge is 0.261 e. The molecular formula is C17H13Cl2FN2O3. The van der Waals surface area contributed by atoms with Crippen LogP contribution in [0.4, 0.5) is 4.39 Å². The molecule has 8 heteroatoms. The van der Waals surface area contributed by atoms with E-state index < -0.39 is 11.9 Å². The lowest BCUT2D eigenvalue weighted by Gasteiger charge is -2.15. The van der Waals surface area contributed by atoms with Crippen LogP contribution in [-0.2, 0) is 6.54 Å². The first-order valence-corrected chi connectivity index (χ1v) is 8.10. The van der Waals surface area contributed by atoms with Gasteiger partial charge in [-0.1, -0.05) is 23.2 Å². The fourth-order valence-corrected chi connectivity index (χ4v) is 2.78. The Morgan fingerprint density at radius 2 is 2.04 bits per heavy atom. The van der Waals surface area contributed by atoms with Gasteiger partial charge in [-0.25, -0.2) is 9.37 Å². The number of nitrogens with zero attached hydrogens (tertiary/aromatic N) is 2. The lowest BCUT2D eigenvalue weighted by atomic mass is 10.2. The molecular weight excluding hydrogens is 370 g/mol. The van der Waals surface area contributed by atoms with Gasteiger partial charge in [0.25, 0.3) is 5.56 Å². The summed E-state index contributed by atoms with van der Waals surface area (Å²) in [5.41, 5.74) is -0.103. The predicted molar refractivity (Wildman–Crippen MR) is 93.9 cm³/mol. The third-order valence-electron chi connectivity index (χ3n) is 3.52. The van der Waals surface area contributed by atoms with Crippen LogP contribution in [0.3, 0.4) is 0 Å². The molecule has 1 N–H and O–H groups in total. The minimum absolute atomic E-state index is 0.0235. The third kappa shape index (κ3) is 4.10. The van der Waals surface area contributed by atoms with E-state index in [9.17, 15) is 14.3 Å². The number of hydrogen-bond donors (Lipinski definition) is 1. The topological polar surface area (TPSA) is 64.4 Å². The van der Waals surface area contributed by atoms with Crippen LogP contribution in [0.5, 0.6) is 5.75 Å². The molecule has 25 heavy (non-hydrogen) atoms. The van der Waals surface area contributed by atoms with Crippen LogP contribution in [0.25, 0.3) is 10.9 Å². The maximum Gasteiger partial charge on any atom is 0.261 e. The van der Waals surface area contributed by atoms with Crippen molar-refractivity contribution in [3.63, 3.8) is 0 Å². The van der Waals surface area contributed by atoms with E-state index >= 15 is 0 Å². The summed E-state index contributed by atoms with van der Waals surface area (Å²) in [4.78, 5) is 16.4. The van der Waals surface area contributed by atoms with Crippen LogP contribution in [0.2, 0.25) is 10.0 Å². The molecule has 0 fully saturated rings. The highest BCUT2D eigenvalue weighted by Gasteiger charge is 2.12. The maximum atomic E-state index is 13.2. The molecule has 5 nitrogen and oxygen atoms in total.